The topological polar surface area (TPSA) is 95.2 Å². The third-order valence-corrected chi connectivity index (χ3v) is 5.64. The lowest BCUT2D eigenvalue weighted by molar-refractivity contribution is -0.125. The SMILES string of the molecule is C[C@@H]1CCC(=O)N1C(=O)Nc1cccc(Cc2n[nH]c(=O)c3c2CCCC3)c1. The van der Waals surface area contributed by atoms with Crippen LogP contribution in [0.25, 0.3) is 0 Å². The lowest BCUT2D eigenvalue weighted by Gasteiger charge is -2.20. The number of nitrogens with zero attached hydrogens (tertiary/aromatic N) is 2. The van der Waals surface area contributed by atoms with Gasteiger partial charge in [-0.05, 0) is 62.3 Å². The van der Waals surface area contributed by atoms with E-state index in [1.54, 1.807) is 0 Å². The molecule has 3 amide bonds. The Morgan fingerprint density at radius 2 is 2.00 bits per heavy atom. The van der Waals surface area contributed by atoms with Gasteiger partial charge in [-0.25, -0.2) is 9.89 Å². The summed E-state index contributed by atoms with van der Waals surface area (Å²) in [4.78, 5) is 37.7. The highest BCUT2D eigenvalue weighted by atomic mass is 16.2. The summed E-state index contributed by atoms with van der Waals surface area (Å²) in [5.41, 5.74) is 4.38. The van der Waals surface area contributed by atoms with Gasteiger partial charge in [-0.3, -0.25) is 14.5 Å². The Morgan fingerprint density at radius 3 is 2.75 bits per heavy atom. The average molecular weight is 380 g/mol. The summed E-state index contributed by atoms with van der Waals surface area (Å²) in [7, 11) is 0. The second-order valence-corrected chi connectivity index (χ2v) is 7.62. The van der Waals surface area contributed by atoms with Gasteiger partial charge in [0.2, 0.25) is 5.91 Å². The molecular formula is C21H24N4O3. The van der Waals surface area contributed by atoms with E-state index in [2.05, 4.69) is 15.5 Å². The zero-order valence-electron chi connectivity index (χ0n) is 16.0. The van der Waals surface area contributed by atoms with Crippen molar-refractivity contribution in [3.8, 4) is 0 Å². The van der Waals surface area contributed by atoms with Crippen LogP contribution in [0.4, 0.5) is 10.5 Å². The van der Waals surface area contributed by atoms with Crippen LogP contribution in [0.3, 0.4) is 0 Å². The second kappa shape index (κ2) is 7.58. The van der Waals surface area contributed by atoms with E-state index in [1.807, 2.05) is 31.2 Å². The van der Waals surface area contributed by atoms with Gasteiger partial charge in [-0.2, -0.15) is 5.10 Å². The number of fused-ring (bicyclic) bond motifs is 1. The van der Waals surface area contributed by atoms with Crippen molar-refractivity contribution in [3.05, 3.63) is 57.0 Å². The molecule has 146 valence electrons. The monoisotopic (exact) mass is 380 g/mol. The molecule has 0 saturated carbocycles. The maximum atomic E-state index is 12.5. The number of aromatic amines is 1. The Morgan fingerprint density at radius 1 is 1.21 bits per heavy atom. The number of hydrogen-bond acceptors (Lipinski definition) is 4. The van der Waals surface area contributed by atoms with Crippen molar-refractivity contribution >= 4 is 17.6 Å². The van der Waals surface area contributed by atoms with E-state index in [1.165, 1.54) is 4.90 Å². The lowest BCUT2D eigenvalue weighted by atomic mass is 9.90. The molecule has 0 spiro atoms. The summed E-state index contributed by atoms with van der Waals surface area (Å²) in [5.74, 6) is -0.134. The van der Waals surface area contributed by atoms with Gasteiger partial charge in [-0.15, -0.1) is 0 Å². The van der Waals surface area contributed by atoms with E-state index in [0.29, 0.717) is 24.9 Å². The fourth-order valence-corrected chi connectivity index (χ4v) is 4.15. The van der Waals surface area contributed by atoms with E-state index >= 15 is 0 Å². The molecule has 0 radical (unpaired) electrons. The zero-order chi connectivity index (χ0) is 19.7. The minimum atomic E-state index is -0.383. The van der Waals surface area contributed by atoms with E-state index in [0.717, 1.165) is 48.1 Å². The van der Waals surface area contributed by atoms with Crippen LogP contribution in [-0.2, 0) is 24.1 Å². The van der Waals surface area contributed by atoms with Crippen molar-refractivity contribution < 1.29 is 9.59 Å². The Labute approximate surface area is 163 Å². The van der Waals surface area contributed by atoms with Crippen LogP contribution in [0.5, 0.6) is 0 Å². The first kappa shape index (κ1) is 18.4. The average Bonchev–Trinajstić information content (AvgIpc) is 3.03. The van der Waals surface area contributed by atoms with Crippen LogP contribution in [0.1, 0.15) is 55.0 Å². The summed E-state index contributed by atoms with van der Waals surface area (Å²) < 4.78 is 0. The molecule has 2 aliphatic rings. The van der Waals surface area contributed by atoms with Crippen LogP contribution in [0, 0.1) is 0 Å². The number of anilines is 1. The molecule has 1 aliphatic heterocycles. The van der Waals surface area contributed by atoms with Crippen molar-refractivity contribution in [1.82, 2.24) is 15.1 Å². The van der Waals surface area contributed by atoms with Crippen LogP contribution in [-0.4, -0.2) is 33.1 Å². The highest BCUT2D eigenvalue weighted by Gasteiger charge is 2.32. The maximum absolute atomic E-state index is 12.5. The molecule has 7 heteroatoms. The molecule has 28 heavy (non-hydrogen) atoms. The normalized spacial score (nSPS) is 18.8. The number of amides is 3. The molecule has 2 heterocycles. The van der Waals surface area contributed by atoms with Crippen LogP contribution >= 0.6 is 0 Å². The van der Waals surface area contributed by atoms with Gasteiger partial charge in [0.15, 0.2) is 0 Å². The Kier molecular flexibility index (Phi) is 4.98. The van der Waals surface area contributed by atoms with Gasteiger partial charge in [-0.1, -0.05) is 12.1 Å². The van der Waals surface area contributed by atoms with E-state index in [9.17, 15) is 14.4 Å². The Bertz CT molecular complexity index is 982. The first-order valence-electron chi connectivity index (χ1n) is 9.84. The Balaban J connectivity index is 1.53. The number of H-pyrrole nitrogens is 1. The standard InChI is InChI=1S/C21H24N4O3/c1-13-9-10-19(26)25(13)21(28)22-15-6-4-5-14(11-15)12-18-16-7-2-3-8-17(16)20(27)24-23-18/h4-6,11,13H,2-3,7-10,12H2,1H3,(H,22,28)(H,24,27)/t13-/m1/s1. The fourth-order valence-electron chi connectivity index (χ4n) is 4.15. The number of hydrogen-bond donors (Lipinski definition) is 2. The van der Waals surface area contributed by atoms with E-state index < -0.39 is 0 Å². The molecule has 1 aliphatic carbocycles. The molecule has 0 unspecified atom stereocenters. The van der Waals surface area contributed by atoms with Crippen molar-refractivity contribution in [2.75, 3.05) is 5.32 Å². The second-order valence-electron chi connectivity index (χ2n) is 7.62. The molecule has 1 atom stereocenters. The highest BCUT2D eigenvalue weighted by molar-refractivity contribution is 6.02. The predicted octanol–water partition coefficient (Wildman–Crippen LogP) is 2.78. The lowest BCUT2D eigenvalue weighted by Crippen LogP contribution is -2.40. The van der Waals surface area contributed by atoms with Gasteiger partial charge in [0.05, 0.1) is 5.69 Å². The predicted molar refractivity (Wildman–Crippen MR) is 105 cm³/mol. The minimum Gasteiger partial charge on any atom is -0.307 e. The van der Waals surface area contributed by atoms with Gasteiger partial charge < -0.3 is 5.32 Å². The summed E-state index contributed by atoms with van der Waals surface area (Å²) >= 11 is 0. The van der Waals surface area contributed by atoms with E-state index in [4.69, 9.17) is 0 Å². The molecule has 2 aromatic rings. The summed E-state index contributed by atoms with van der Waals surface area (Å²) in [5, 5.41) is 9.74. The molecule has 1 aromatic carbocycles. The van der Waals surface area contributed by atoms with Crippen molar-refractivity contribution in [3.63, 3.8) is 0 Å². The first-order chi connectivity index (χ1) is 13.5. The van der Waals surface area contributed by atoms with Gasteiger partial charge in [0, 0.05) is 30.1 Å². The number of aromatic nitrogens is 2. The first-order valence-corrected chi connectivity index (χ1v) is 9.84. The van der Waals surface area contributed by atoms with Gasteiger partial charge in [0.1, 0.15) is 0 Å². The number of rotatable bonds is 3. The van der Waals surface area contributed by atoms with Crippen LogP contribution in [0.2, 0.25) is 0 Å². The summed E-state index contributed by atoms with van der Waals surface area (Å²) in [6, 6.07) is 7.09. The van der Waals surface area contributed by atoms with Gasteiger partial charge >= 0.3 is 6.03 Å². The van der Waals surface area contributed by atoms with Crippen molar-refractivity contribution in [2.24, 2.45) is 0 Å². The van der Waals surface area contributed by atoms with Crippen molar-refractivity contribution in [2.45, 2.75) is 57.9 Å². The molecule has 1 aromatic heterocycles. The minimum absolute atomic E-state index is 0.0763. The maximum Gasteiger partial charge on any atom is 0.328 e. The number of nitrogens with one attached hydrogen (secondary N) is 2. The number of urea groups is 1. The highest BCUT2D eigenvalue weighted by Crippen LogP contribution is 2.24. The number of carbonyl (C=O) groups is 2. The Hall–Kier alpha value is -2.96. The molecule has 4 rings (SSSR count). The molecule has 0 bridgehead atoms. The smallest absolute Gasteiger partial charge is 0.307 e. The number of imide groups is 1. The fraction of sp³-hybridized carbons (Fsp3) is 0.429. The summed E-state index contributed by atoms with van der Waals surface area (Å²) in [6.07, 6.45) is 5.50. The van der Waals surface area contributed by atoms with Crippen LogP contribution in [0.15, 0.2) is 29.1 Å². The third-order valence-electron chi connectivity index (χ3n) is 5.64. The number of carbonyl (C=O) groups excluding carboxylic acids is 2. The molecular weight excluding hydrogens is 356 g/mol. The largest absolute Gasteiger partial charge is 0.328 e. The zero-order valence-corrected chi connectivity index (χ0v) is 16.0. The molecule has 1 saturated heterocycles. The summed E-state index contributed by atoms with van der Waals surface area (Å²) in [6.45, 7) is 1.88. The number of benzene rings is 1. The molecule has 1 fully saturated rings. The van der Waals surface area contributed by atoms with E-state index in [-0.39, 0.29) is 23.5 Å². The van der Waals surface area contributed by atoms with Crippen molar-refractivity contribution in [1.29, 1.82) is 0 Å². The third kappa shape index (κ3) is 3.56. The van der Waals surface area contributed by atoms with Gasteiger partial charge in [0.25, 0.3) is 5.56 Å². The molecule has 7 nitrogen and oxygen atoms in total. The number of likely N-dealkylation sites (tertiary alicyclic amines) is 1. The quantitative estimate of drug-likeness (QED) is 0.856. The molecule has 2 N–H and O–H groups in total. The van der Waals surface area contributed by atoms with Crippen LogP contribution < -0.4 is 10.9 Å².